The maximum Gasteiger partial charge on any atom is 0.190 e. The Kier molecular flexibility index (Phi) is 3.88. The van der Waals surface area contributed by atoms with E-state index in [2.05, 4.69) is 15.0 Å². The van der Waals surface area contributed by atoms with Gasteiger partial charge in [-0.1, -0.05) is 0 Å². The highest BCUT2D eigenvalue weighted by molar-refractivity contribution is 5.59. The lowest BCUT2D eigenvalue weighted by molar-refractivity contribution is -0.497. The van der Waals surface area contributed by atoms with Gasteiger partial charge in [0.05, 0.1) is 7.11 Å². The number of nitrogens with one attached hydrogen (secondary N) is 1. The van der Waals surface area contributed by atoms with E-state index in [1.165, 1.54) is 25.4 Å². The van der Waals surface area contributed by atoms with Gasteiger partial charge in [-0.2, -0.15) is 0 Å². The summed E-state index contributed by atoms with van der Waals surface area (Å²) in [5.74, 6) is -1.78. The summed E-state index contributed by atoms with van der Waals surface area (Å²) < 4.78 is 31.5. The predicted molar refractivity (Wildman–Crippen MR) is 65.4 cm³/mol. The molecule has 1 heterocycles. The molecule has 7 heteroatoms. The quantitative estimate of drug-likeness (QED) is 0.828. The highest BCUT2D eigenvalue weighted by atomic mass is 19.1. The van der Waals surface area contributed by atoms with E-state index in [9.17, 15) is 14.0 Å². The largest absolute Gasteiger partial charge is 0.630 e. The topological polar surface area (TPSA) is 73.8 Å². The number of pyridine rings is 1. The number of ether oxygens (including phenoxy) is 1. The number of hydrogen-bond donors (Lipinski definition) is 2. The van der Waals surface area contributed by atoms with Crippen molar-refractivity contribution in [1.82, 2.24) is 4.98 Å². The third-order valence-corrected chi connectivity index (χ3v) is 2.39. The van der Waals surface area contributed by atoms with Crippen molar-refractivity contribution in [3.05, 3.63) is 47.3 Å². The minimum Gasteiger partial charge on any atom is -0.630 e. The fourth-order valence-electron chi connectivity index (χ4n) is 1.56. The number of nitrogens with zero attached hydrogens (tertiary/aromatic N) is 1. The molecule has 19 heavy (non-hydrogen) atoms. The molecule has 0 unspecified atom stereocenters. The Morgan fingerprint density at radius 2 is 1.95 bits per heavy atom. The van der Waals surface area contributed by atoms with Crippen LogP contribution in [0.1, 0.15) is 0 Å². The number of rotatable bonds is 4. The summed E-state index contributed by atoms with van der Waals surface area (Å²) in [6, 6.07) is 5.15. The average molecular weight is 267 g/mol. The summed E-state index contributed by atoms with van der Waals surface area (Å²) in [7, 11) is 1.18. The summed E-state index contributed by atoms with van der Waals surface area (Å²) in [4.78, 5) is 3.94. The SMILES string of the molecule is COc1c(F)cc(Nc2cc([NH2+][O-])ccn2)cc1F. The molecule has 0 bridgehead atoms. The van der Waals surface area contributed by atoms with Crippen molar-refractivity contribution < 1.29 is 19.0 Å². The molecule has 0 saturated heterocycles. The Morgan fingerprint density at radius 3 is 2.53 bits per heavy atom. The standard InChI is InChI=1S/C12H11F2N3O2/c1-19-12-9(13)4-8(5-10(12)14)16-11-6-7(17-18)2-3-15-11/h2-6H,17H2,1H3,(H,15,16). The molecule has 0 amide bonds. The van der Waals surface area contributed by atoms with Gasteiger partial charge in [0.2, 0.25) is 0 Å². The van der Waals surface area contributed by atoms with Gasteiger partial charge < -0.3 is 20.7 Å². The van der Waals surface area contributed by atoms with E-state index in [4.69, 9.17) is 0 Å². The molecule has 0 saturated carbocycles. The molecular weight excluding hydrogens is 256 g/mol. The third-order valence-electron chi connectivity index (χ3n) is 2.39. The molecule has 5 nitrogen and oxygen atoms in total. The monoisotopic (exact) mass is 267 g/mol. The predicted octanol–water partition coefficient (Wildman–Crippen LogP) is 1.80. The number of benzene rings is 1. The van der Waals surface area contributed by atoms with Crippen LogP contribution in [0.4, 0.5) is 26.0 Å². The zero-order valence-electron chi connectivity index (χ0n) is 9.98. The van der Waals surface area contributed by atoms with Crippen LogP contribution >= 0.6 is 0 Å². The molecule has 0 aliphatic rings. The van der Waals surface area contributed by atoms with Crippen LogP contribution in [0.25, 0.3) is 0 Å². The Labute approximate surface area is 107 Å². The van der Waals surface area contributed by atoms with Gasteiger partial charge in [-0.15, -0.1) is 0 Å². The van der Waals surface area contributed by atoms with E-state index in [0.717, 1.165) is 12.1 Å². The molecule has 1 aromatic carbocycles. The van der Waals surface area contributed by atoms with E-state index in [-0.39, 0.29) is 5.69 Å². The lowest BCUT2D eigenvalue weighted by atomic mass is 10.2. The molecule has 0 aliphatic carbocycles. The van der Waals surface area contributed by atoms with Crippen molar-refractivity contribution in [1.29, 1.82) is 0 Å². The number of methoxy groups -OCH3 is 1. The van der Waals surface area contributed by atoms with Crippen LogP contribution in [-0.2, 0) is 0 Å². The molecule has 2 rings (SSSR count). The maximum absolute atomic E-state index is 13.5. The van der Waals surface area contributed by atoms with Gasteiger partial charge in [0.15, 0.2) is 17.4 Å². The summed E-state index contributed by atoms with van der Waals surface area (Å²) in [6.45, 7) is 0. The Bertz CT molecular complexity index is 570. The van der Waals surface area contributed by atoms with E-state index in [1.54, 1.807) is 0 Å². The fourth-order valence-corrected chi connectivity index (χ4v) is 1.56. The molecule has 1 aromatic heterocycles. The number of quaternary nitrogens is 1. The molecule has 100 valence electrons. The first-order valence-corrected chi connectivity index (χ1v) is 5.35. The third kappa shape index (κ3) is 2.95. The van der Waals surface area contributed by atoms with Crippen LogP contribution in [-0.4, -0.2) is 12.1 Å². The van der Waals surface area contributed by atoms with Gasteiger partial charge in [0.25, 0.3) is 0 Å². The first kappa shape index (κ1) is 13.2. The number of nitrogens with two attached hydrogens (primary N) is 1. The zero-order valence-corrected chi connectivity index (χ0v) is 9.98. The second-order valence-corrected chi connectivity index (χ2v) is 3.69. The molecular formula is C12H11F2N3O2. The number of hydrogen-bond acceptors (Lipinski definition) is 4. The van der Waals surface area contributed by atoms with Crippen molar-refractivity contribution >= 4 is 17.2 Å². The molecule has 0 fully saturated rings. The van der Waals surface area contributed by atoms with Crippen LogP contribution < -0.4 is 15.5 Å². The van der Waals surface area contributed by atoms with Crippen LogP contribution in [0, 0.1) is 16.8 Å². The van der Waals surface area contributed by atoms with Crippen molar-refractivity contribution in [3.8, 4) is 5.75 Å². The van der Waals surface area contributed by atoms with Crippen molar-refractivity contribution in [2.75, 3.05) is 12.4 Å². The van der Waals surface area contributed by atoms with E-state index in [1.807, 2.05) is 0 Å². The highest BCUT2D eigenvalue weighted by Crippen LogP contribution is 2.26. The maximum atomic E-state index is 13.5. The summed E-state index contributed by atoms with van der Waals surface area (Å²) in [5.41, 5.74) is 1.24. The van der Waals surface area contributed by atoms with Crippen molar-refractivity contribution in [2.24, 2.45) is 0 Å². The number of halogens is 2. The summed E-state index contributed by atoms with van der Waals surface area (Å²) >= 11 is 0. The van der Waals surface area contributed by atoms with Crippen molar-refractivity contribution in [3.63, 3.8) is 0 Å². The Hall–Kier alpha value is -2.25. The Morgan fingerprint density at radius 1 is 1.26 bits per heavy atom. The molecule has 0 atom stereocenters. The van der Waals surface area contributed by atoms with E-state index < -0.39 is 17.4 Å². The fraction of sp³-hybridized carbons (Fsp3) is 0.0833. The van der Waals surface area contributed by atoms with Crippen LogP contribution in [0.2, 0.25) is 0 Å². The second-order valence-electron chi connectivity index (χ2n) is 3.69. The van der Waals surface area contributed by atoms with Gasteiger partial charge in [-0.3, -0.25) is 0 Å². The van der Waals surface area contributed by atoms with Gasteiger partial charge in [0.1, 0.15) is 11.5 Å². The molecule has 0 spiro atoms. The minimum atomic E-state index is -0.823. The first-order valence-electron chi connectivity index (χ1n) is 5.35. The minimum absolute atomic E-state index is 0.173. The van der Waals surface area contributed by atoms with Gasteiger partial charge in [-0.05, 0) is 0 Å². The molecule has 0 radical (unpaired) electrons. The highest BCUT2D eigenvalue weighted by Gasteiger charge is 2.11. The van der Waals surface area contributed by atoms with E-state index in [0.29, 0.717) is 17.0 Å². The smallest absolute Gasteiger partial charge is 0.190 e. The number of anilines is 2. The van der Waals surface area contributed by atoms with Crippen LogP contribution in [0.3, 0.4) is 0 Å². The molecule has 2 aromatic rings. The number of aromatic nitrogens is 1. The van der Waals surface area contributed by atoms with Gasteiger partial charge in [0, 0.05) is 36.1 Å². The Balaban J connectivity index is 2.28. The molecule has 0 aliphatic heterocycles. The van der Waals surface area contributed by atoms with Crippen molar-refractivity contribution in [2.45, 2.75) is 0 Å². The lowest BCUT2D eigenvalue weighted by Gasteiger charge is -2.09. The lowest BCUT2D eigenvalue weighted by Crippen LogP contribution is -2.70. The van der Waals surface area contributed by atoms with Gasteiger partial charge in [-0.25, -0.2) is 13.8 Å². The summed E-state index contributed by atoms with van der Waals surface area (Å²) in [5, 5.41) is 13.3. The molecule has 3 N–H and O–H groups in total. The van der Waals surface area contributed by atoms with E-state index >= 15 is 0 Å². The normalized spacial score (nSPS) is 10.3. The second kappa shape index (κ2) is 5.59. The average Bonchev–Trinajstić information content (AvgIpc) is 2.38. The zero-order chi connectivity index (χ0) is 13.8. The van der Waals surface area contributed by atoms with Crippen LogP contribution in [0.15, 0.2) is 30.5 Å². The van der Waals surface area contributed by atoms with Gasteiger partial charge >= 0.3 is 0 Å². The summed E-state index contributed by atoms with van der Waals surface area (Å²) in [6.07, 6.45) is 1.42. The van der Waals surface area contributed by atoms with Crippen LogP contribution in [0.5, 0.6) is 5.75 Å². The first-order chi connectivity index (χ1) is 9.13.